The summed E-state index contributed by atoms with van der Waals surface area (Å²) in [6, 6.07) is 15.6. The van der Waals surface area contributed by atoms with Gasteiger partial charge in [0.25, 0.3) is 0 Å². The SMILES string of the molecule is N=C1C=CC=CC1=N.Nc1cc(CCNC/C=C/c2ccccc2)ccc1O. The number of nitrogens with one attached hydrogen (secondary N) is 3. The van der Waals surface area contributed by atoms with Crippen LogP contribution < -0.4 is 11.1 Å². The number of phenolic OH excluding ortho intramolecular Hbond substituents is 1. The zero-order chi connectivity index (χ0) is 20.2. The largest absolute Gasteiger partial charge is 0.506 e. The highest BCUT2D eigenvalue weighted by atomic mass is 16.3. The molecular weight excluding hydrogens is 348 g/mol. The summed E-state index contributed by atoms with van der Waals surface area (Å²) >= 11 is 0. The minimum absolute atomic E-state index is 0.146. The van der Waals surface area contributed by atoms with Crippen molar-refractivity contribution >= 4 is 23.2 Å². The maximum absolute atomic E-state index is 9.34. The fourth-order valence-electron chi connectivity index (χ4n) is 2.42. The number of nitrogen functional groups attached to an aromatic ring is 1. The van der Waals surface area contributed by atoms with E-state index in [1.807, 2.05) is 30.3 Å². The molecule has 0 radical (unpaired) electrons. The number of hydrogen-bond acceptors (Lipinski definition) is 5. The molecule has 0 heterocycles. The molecule has 0 fully saturated rings. The van der Waals surface area contributed by atoms with Gasteiger partial charge in [-0.3, -0.25) is 10.8 Å². The maximum Gasteiger partial charge on any atom is 0.138 e. The van der Waals surface area contributed by atoms with Gasteiger partial charge in [0.15, 0.2) is 0 Å². The maximum atomic E-state index is 9.34. The molecule has 2 aromatic rings. The summed E-state index contributed by atoms with van der Waals surface area (Å²) in [7, 11) is 0. The molecule has 5 nitrogen and oxygen atoms in total. The van der Waals surface area contributed by atoms with Crippen LogP contribution in [0.4, 0.5) is 5.69 Å². The molecule has 2 aromatic carbocycles. The number of aromatic hydroxyl groups is 1. The van der Waals surface area contributed by atoms with Gasteiger partial charge >= 0.3 is 0 Å². The first-order valence-corrected chi connectivity index (χ1v) is 9.08. The molecule has 1 aliphatic carbocycles. The fraction of sp³-hybridized carbons (Fsp3) is 0.130. The lowest BCUT2D eigenvalue weighted by Crippen LogP contribution is -2.16. The molecule has 0 saturated carbocycles. The highest BCUT2D eigenvalue weighted by molar-refractivity contribution is 6.48. The molecule has 0 aromatic heterocycles. The van der Waals surface area contributed by atoms with Crippen LogP contribution in [0.5, 0.6) is 5.75 Å². The second-order valence-corrected chi connectivity index (χ2v) is 6.21. The summed E-state index contributed by atoms with van der Waals surface area (Å²) in [6.45, 7) is 1.71. The van der Waals surface area contributed by atoms with Gasteiger partial charge in [0, 0.05) is 6.54 Å². The third-order valence-electron chi connectivity index (χ3n) is 3.98. The Balaban J connectivity index is 0.000000292. The predicted octanol–water partition coefficient (Wildman–Crippen LogP) is 3.97. The lowest BCUT2D eigenvalue weighted by atomic mass is 10.1. The summed E-state index contributed by atoms with van der Waals surface area (Å²) in [4.78, 5) is 0. The molecule has 0 spiro atoms. The summed E-state index contributed by atoms with van der Waals surface area (Å²) in [6.07, 6.45) is 11.8. The number of rotatable bonds is 6. The minimum Gasteiger partial charge on any atom is -0.506 e. The summed E-state index contributed by atoms with van der Waals surface area (Å²) in [5, 5.41) is 26.8. The van der Waals surface area contributed by atoms with Gasteiger partial charge in [0.1, 0.15) is 5.75 Å². The van der Waals surface area contributed by atoms with Crippen LogP contribution in [0.1, 0.15) is 11.1 Å². The Morgan fingerprint density at radius 3 is 2.25 bits per heavy atom. The van der Waals surface area contributed by atoms with Crippen LogP contribution in [0.25, 0.3) is 6.08 Å². The van der Waals surface area contributed by atoms with Crippen molar-refractivity contribution in [3.63, 3.8) is 0 Å². The van der Waals surface area contributed by atoms with E-state index in [1.165, 1.54) is 5.56 Å². The molecular formula is C23H26N4O. The molecule has 144 valence electrons. The zero-order valence-corrected chi connectivity index (χ0v) is 15.7. The van der Waals surface area contributed by atoms with E-state index >= 15 is 0 Å². The molecule has 0 bridgehead atoms. The molecule has 0 amide bonds. The van der Waals surface area contributed by atoms with Crippen molar-refractivity contribution in [1.29, 1.82) is 10.8 Å². The van der Waals surface area contributed by atoms with Gasteiger partial charge in [-0.05, 0) is 48.4 Å². The third kappa shape index (κ3) is 7.43. The predicted molar refractivity (Wildman–Crippen MR) is 118 cm³/mol. The molecule has 1 aliphatic rings. The third-order valence-corrected chi connectivity index (χ3v) is 3.98. The normalized spacial score (nSPS) is 12.9. The number of anilines is 1. The monoisotopic (exact) mass is 374 g/mol. The Morgan fingerprint density at radius 1 is 0.964 bits per heavy atom. The van der Waals surface area contributed by atoms with Crippen LogP contribution in [0.3, 0.4) is 0 Å². The minimum atomic E-state index is 0.146. The Hall–Kier alpha value is -3.44. The van der Waals surface area contributed by atoms with Crippen molar-refractivity contribution < 1.29 is 5.11 Å². The molecule has 5 heteroatoms. The van der Waals surface area contributed by atoms with Crippen molar-refractivity contribution in [2.75, 3.05) is 18.8 Å². The van der Waals surface area contributed by atoms with E-state index in [1.54, 1.807) is 30.4 Å². The summed E-state index contributed by atoms with van der Waals surface area (Å²) < 4.78 is 0. The Morgan fingerprint density at radius 2 is 1.64 bits per heavy atom. The van der Waals surface area contributed by atoms with Gasteiger partial charge < -0.3 is 16.2 Å². The van der Waals surface area contributed by atoms with Crippen LogP contribution in [0.15, 0.2) is 78.9 Å². The van der Waals surface area contributed by atoms with E-state index in [0.717, 1.165) is 25.1 Å². The molecule has 3 rings (SSSR count). The summed E-state index contributed by atoms with van der Waals surface area (Å²) in [5.74, 6) is 0.146. The van der Waals surface area contributed by atoms with Crippen LogP contribution in [0, 0.1) is 10.8 Å². The Bertz CT molecular complexity index is 861. The second kappa shape index (κ2) is 11.3. The number of hydrogen-bond donors (Lipinski definition) is 5. The lowest BCUT2D eigenvalue weighted by molar-refractivity contribution is 0.477. The Kier molecular flexibility index (Phi) is 8.43. The van der Waals surface area contributed by atoms with Gasteiger partial charge in [-0.25, -0.2) is 0 Å². The van der Waals surface area contributed by atoms with Gasteiger partial charge in [0.05, 0.1) is 17.1 Å². The first-order valence-electron chi connectivity index (χ1n) is 9.08. The van der Waals surface area contributed by atoms with Crippen molar-refractivity contribution in [1.82, 2.24) is 5.32 Å². The highest BCUT2D eigenvalue weighted by Gasteiger charge is 1.98. The fourth-order valence-corrected chi connectivity index (χ4v) is 2.42. The van der Waals surface area contributed by atoms with E-state index in [9.17, 15) is 5.11 Å². The molecule has 28 heavy (non-hydrogen) atoms. The number of benzene rings is 2. The molecule has 0 aliphatic heterocycles. The first-order chi connectivity index (χ1) is 13.6. The number of allylic oxidation sites excluding steroid dienone is 4. The van der Waals surface area contributed by atoms with Crippen LogP contribution in [-0.4, -0.2) is 29.6 Å². The lowest BCUT2D eigenvalue weighted by Gasteiger charge is -2.05. The van der Waals surface area contributed by atoms with Crippen molar-refractivity contribution in [3.8, 4) is 5.75 Å². The Labute approximate surface area is 165 Å². The van der Waals surface area contributed by atoms with E-state index < -0.39 is 0 Å². The molecule has 0 unspecified atom stereocenters. The van der Waals surface area contributed by atoms with Gasteiger partial charge in [-0.15, -0.1) is 0 Å². The highest BCUT2D eigenvalue weighted by Crippen LogP contribution is 2.20. The topological polar surface area (TPSA) is 106 Å². The second-order valence-electron chi connectivity index (χ2n) is 6.21. The average Bonchev–Trinajstić information content (AvgIpc) is 2.71. The quantitative estimate of drug-likeness (QED) is 0.229. The van der Waals surface area contributed by atoms with Gasteiger partial charge in [0.2, 0.25) is 0 Å². The molecule has 6 N–H and O–H groups in total. The van der Waals surface area contributed by atoms with Crippen molar-refractivity contribution in [2.45, 2.75) is 6.42 Å². The zero-order valence-electron chi connectivity index (χ0n) is 15.7. The van der Waals surface area contributed by atoms with E-state index in [0.29, 0.717) is 5.69 Å². The van der Waals surface area contributed by atoms with Gasteiger partial charge in [-0.1, -0.05) is 60.7 Å². The smallest absolute Gasteiger partial charge is 0.138 e. The average molecular weight is 374 g/mol. The number of phenols is 1. The molecule has 0 saturated heterocycles. The van der Waals surface area contributed by atoms with Crippen molar-refractivity contribution in [2.24, 2.45) is 0 Å². The standard InChI is InChI=1S/C17H20N2O.C6H6N2/c18-16-13-15(8-9-17(16)20)10-12-19-11-4-7-14-5-2-1-3-6-14;7-5-3-1-2-4-6(5)8/h1-9,13,19-20H,10-12,18H2;1-4,7-8H/b7-4+;. The van der Waals surface area contributed by atoms with Crippen LogP contribution in [0.2, 0.25) is 0 Å². The van der Waals surface area contributed by atoms with Gasteiger partial charge in [-0.2, -0.15) is 0 Å². The van der Waals surface area contributed by atoms with Crippen LogP contribution >= 0.6 is 0 Å². The number of nitrogens with two attached hydrogens (primary N) is 1. The summed E-state index contributed by atoms with van der Waals surface area (Å²) in [5.41, 5.74) is 9.00. The molecule has 0 atom stereocenters. The first kappa shape index (κ1) is 20.9. The van der Waals surface area contributed by atoms with Crippen molar-refractivity contribution in [3.05, 3.63) is 90.0 Å². The van der Waals surface area contributed by atoms with E-state index in [2.05, 4.69) is 29.6 Å². The van der Waals surface area contributed by atoms with E-state index in [4.69, 9.17) is 16.6 Å². The van der Waals surface area contributed by atoms with E-state index in [-0.39, 0.29) is 17.2 Å². The van der Waals surface area contributed by atoms with Crippen LogP contribution in [-0.2, 0) is 6.42 Å².